The maximum Gasteiger partial charge on any atom is 0.263 e. The number of nitrogens with two attached hydrogens (primary N) is 1. The molecular formula is C29H25N7O. The summed E-state index contributed by atoms with van der Waals surface area (Å²) in [7, 11) is 0. The molecule has 0 aliphatic heterocycles. The van der Waals surface area contributed by atoms with Crippen molar-refractivity contribution >= 4 is 28.2 Å². The van der Waals surface area contributed by atoms with Gasteiger partial charge >= 0.3 is 0 Å². The van der Waals surface area contributed by atoms with E-state index in [1.165, 1.54) is 0 Å². The minimum absolute atomic E-state index is 0.0795. The van der Waals surface area contributed by atoms with Gasteiger partial charge in [0.15, 0.2) is 0 Å². The van der Waals surface area contributed by atoms with E-state index in [1.54, 1.807) is 17.7 Å². The number of hydrogen-bond acceptors (Lipinski definition) is 6. The van der Waals surface area contributed by atoms with E-state index in [1.807, 2.05) is 80.6 Å². The van der Waals surface area contributed by atoms with E-state index in [4.69, 9.17) is 12.3 Å². The molecule has 37 heavy (non-hydrogen) atoms. The molecule has 8 heteroatoms. The lowest BCUT2D eigenvalue weighted by atomic mass is 9.98. The number of nitrogens with zero attached hydrogens (tertiary/aromatic N) is 5. The molecule has 0 spiro atoms. The number of benzene rings is 2. The molecule has 1 atom stereocenters. The fourth-order valence-corrected chi connectivity index (χ4v) is 4.60. The highest BCUT2D eigenvalue weighted by Crippen LogP contribution is 2.33. The molecule has 3 aromatic heterocycles. The predicted molar refractivity (Wildman–Crippen MR) is 147 cm³/mol. The number of rotatable bonds is 5. The van der Waals surface area contributed by atoms with Crippen molar-refractivity contribution < 1.29 is 0 Å². The van der Waals surface area contributed by atoms with Crippen molar-refractivity contribution in [2.45, 2.75) is 26.8 Å². The Balaban J connectivity index is 1.75. The Morgan fingerprint density at radius 3 is 2.54 bits per heavy atom. The van der Waals surface area contributed by atoms with Crippen molar-refractivity contribution in [3.05, 3.63) is 112 Å². The molecule has 0 bridgehead atoms. The fourth-order valence-electron chi connectivity index (χ4n) is 4.60. The minimum Gasteiger partial charge on any atom is -0.371 e. The zero-order chi connectivity index (χ0) is 26.1. The Labute approximate surface area is 214 Å². The summed E-state index contributed by atoms with van der Waals surface area (Å²) in [5.74, 6) is 0.413. The highest BCUT2D eigenvalue weighted by molar-refractivity contribution is 5.96. The van der Waals surface area contributed by atoms with E-state index >= 15 is 0 Å². The minimum atomic E-state index is -0.390. The number of aryl methyl sites for hydroxylation is 2. The Bertz CT molecular complexity index is 1740. The maximum absolute atomic E-state index is 14.2. The second kappa shape index (κ2) is 9.55. The molecule has 182 valence electrons. The van der Waals surface area contributed by atoms with Crippen LogP contribution in [0.3, 0.4) is 0 Å². The van der Waals surface area contributed by atoms with Gasteiger partial charge in [0.05, 0.1) is 23.7 Å². The van der Waals surface area contributed by atoms with Gasteiger partial charge < -0.3 is 11.1 Å². The van der Waals surface area contributed by atoms with Crippen molar-refractivity contribution in [2.75, 3.05) is 11.1 Å². The molecule has 0 amide bonds. The molecule has 3 heterocycles. The van der Waals surface area contributed by atoms with Crippen LogP contribution in [-0.2, 0) is 0 Å². The van der Waals surface area contributed by atoms with Crippen LogP contribution in [0.5, 0.6) is 0 Å². The summed E-state index contributed by atoms with van der Waals surface area (Å²) < 4.78 is 1.71. The third kappa shape index (κ3) is 4.39. The molecule has 0 aliphatic rings. The van der Waals surface area contributed by atoms with Gasteiger partial charge in [-0.05, 0) is 67.6 Å². The summed E-state index contributed by atoms with van der Waals surface area (Å²) in [5.41, 5.74) is 10.6. The average molecular weight is 488 g/mol. The molecule has 0 saturated carbocycles. The molecule has 8 nitrogen and oxygen atoms in total. The number of nitrogen functional groups attached to an aromatic ring is 1. The molecular weight excluding hydrogens is 462 g/mol. The van der Waals surface area contributed by atoms with Crippen molar-refractivity contribution in [2.24, 2.45) is 0 Å². The summed E-state index contributed by atoms with van der Waals surface area (Å²) in [6.07, 6.45) is 1.75. The molecule has 3 N–H and O–H groups in total. The van der Waals surface area contributed by atoms with Crippen molar-refractivity contribution in [3.8, 4) is 16.8 Å². The first-order valence-corrected chi connectivity index (χ1v) is 11.8. The quantitative estimate of drug-likeness (QED) is 0.305. The van der Waals surface area contributed by atoms with Crippen molar-refractivity contribution in [1.82, 2.24) is 19.5 Å². The largest absolute Gasteiger partial charge is 0.371 e. The van der Waals surface area contributed by atoms with Crippen LogP contribution in [0.1, 0.15) is 30.0 Å². The lowest BCUT2D eigenvalue weighted by Gasteiger charge is -2.23. The van der Waals surface area contributed by atoms with Gasteiger partial charge in [0.1, 0.15) is 5.82 Å². The van der Waals surface area contributed by atoms with Gasteiger partial charge in [-0.2, -0.15) is 0 Å². The van der Waals surface area contributed by atoms with E-state index < -0.39 is 6.04 Å². The first kappa shape index (κ1) is 23.7. The lowest BCUT2D eigenvalue weighted by molar-refractivity contribution is 0.773. The lowest BCUT2D eigenvalue weighted by Crippen LogP contribution is -2.26. The van der Waals surface area contributed by atoms with Crippen LogP contribution in [0.2, 0.25) is 0 Å². The van der Waals surface area contributed by atoms with Crippen LogP contribution in [0.15, 0.2) is 77.7 Å². The van der Waals surface area contributed by atoms with Gasteiger partial charge in [0.25, 0.3) is 5.56 Å². The summed E-state index contributed by atoms with van der Waals surface area (Å²) in [4.78, 5) is 30.5. The van der Waals surface area contributed by atoms with Gasteiger partial charge in [-0.3, -0.25) is 14.3 Å². The summed E-state index contributed by atoms with van der Waals surface area (Å²) in [6, 6.07) is 20.9. The number of anilines is 2. The molecule has 5 aromatic rings. The standard InChI is InChI=1S/C29H25N7O/c1-17-15-20(13-14-32-17)23-12-8-9-21-16-24(36(28(37)25(21)23)22-10-6-5-7-11-22)18(2)33-27-26(31-4)19(3)34-29(30)35-27/h5-16,18H,1-3H3,(H3,30,33,34,35)/t18-/m0/s1. The number of nitrogens with one attached hydrogen (secondary N) is 1. The molecule has 0 fully saturated rings. The van der Waals surface area contributed by atoms with Gasteiger partial charge in [-0.15, -0.1) is 0 Å². The normalized spacial score (nSPS) is 11.7. The second-order valence-electron chi connectivity index (χ2n) is 8.84. The van der Waals surface area contributed by atoms with Gasteiger partial charge in [0.2, 0.25) is 11.6 Å². The van der Waals surface area contributed by atoms with Crippen molar-refractivity contribution in [3.63, 3.8) is 0 Å². The van der Waals surface area contributed by atoms with Crippen molar-refractivity contribution in [1.29, 1.82) is 0 Å². The monoisotopic (exact) mass is 487 g/mol. The first-order chi connectivity index (χ1) is 17.9. The number of hydrogen-bond donors (Lipinski definition) is 2. The molecule has 0 aliphatic carbocycles. The van der Waals surface area contributed by atoms with Crippen LogP contribution in [0.25, 0.3) is 32.4 Å². The molecule has 0 unspecified atom stereocenters. The smallest absolute Gasteiger partial charge is 0.263 e. The number of pyridine rings is 2. The van der Waals surface area contributed by atoms with Gasteiger partial charge in [0, 0.05) is 23.3 Å². The molecule has 2 aromatic carbocycles. The Morgan fingerprint density at radius 2 is 1.81 bits per heavy atom. The molecule has 0 saturated heterocycles. The number of para-hydroxylation sites is 1. The topological polar surface area (TPSA) is 103 Å². The average Bonchev–Trinajstić information content (AvgIpc) is 2.88. The Morgan fingerprint density at radius 1 is 1.03 bits per heavy atom. The zero-order valence-corrected chi connectivity index (χ0v) is 20.7. The van der Waals surface area contributed by atoms with Gasteiger partial charge in [-0.25, -0.2) is 14.8 Å². The second-order valence-corrected chi connectivity index (χ2v) is 8.84. The van der Waals surface area contributed by atoms with Gasteiger partial charge in [-0.1, -0.05) is 36.4 Å². The van der Waals surface area contributed by atoms with E-state index in [0.29, 0.717) is 22.6 Å². The third-order valence-corrected chi connectivity index (χ3v) is 6.28. The fraction of sp³-hybridized carbons (Fsp3) is 0.138. The highest BCUT2D eigenvalue weighted by Gasteiger charge is 2.21. The predicted octanol–water partition coefficient (Wildman–Crippen LogP) is 5.77. The summed E-state index contributed by atoms with van der Waals surface area (Å²) in [5, 5.41) is 4.74. The number of fused-ring (bicyclic) bond motifs is 1. The van der Waals surface area contributed by atoms with Crippen LogP contribution in [0, 0.1) is 20.4 Å². The first-order valence-electron chi connectivity index (χ1n) is 11.8. The van der Waals surface area contributed by atoms with Crippen LogP contribution < -0.4 is 16.6 Å². The van der Waals surface area contributed by atoms with E-state index in [2.05, 4.69) is 25.1 Å². The van der Waals surface area contributed by atoms with E-state index in [9.17, 15) is 4.79 Å². The Hall–Kier alpha value is -5.03. The van der Waals surface area contributed by atoms with Crippen LogP contribution in [0.4, 0.5) is 17.5 Å². The molecule has 5 rings (SSSR count). The summed E-state index contributed by atoms with van der Waals surface area (Å²) >= 11 is 0. The third-order valence-electron chi connectivity index (χ3n) is 6.28. The summed E-state index contributed by atoms with van der Waals surface area (Å²) in [6.45, 7) is 13.2. The number of aromatic nitrogens is 4. The van der Waals surface area contributed by atoms with E-state index in [0.717, 1.165) is 33.6 Å². The van der Waals surface area contributed by atoms with Crippen LogP contribution >= 0.6 is 0 Å². The molecule has 0 radical (unpaired) electrons. The Kier molecular flexibility index (Phi) is 6.12. The maximum atomic E-state index is 14.2. The zero-order valence-electron chi connectivity index (χ0n) is 20.7. The van der Waals surface area contributed by atoms with E-state index in [-0.39, 0.29) is 11.5 Å². The highest BCUT2D eigenvalue weighted by atomic mass is 16.1. The van der Waals surface area contributed by atoms with Crippen LogP contribution in [-0.4, -0.2) is 19.5 Å². The SMILES string of the molecule is [C-]#[N+]c1c(C)nc(N)nc1N[C@@H](C)c1cc2cccc(-c3ccnc(C)c3)c2c(=O)n1-c1ccccc1.